The van der Waals surface area contributed by atoms with Crippen LogP contribution < -0.4 is 5.32 Å². The van der Waals surface area contributed by atoms with Crippen LogP contribution in [-0.2, 0) is 0 Å². The molecule has 1 N–H and O–H groups in total. The van der Waals surface area contributed by atoms with Crippen molar-refractivity contribution in [3.05, 3.63) is 34.4 Å². The van der Waals surface area contributed by atoms with Crippen LogP contribution >= 0.6 is 0 Å². The van der Waals surface area contributed by atoms with Gasteiger partial charge in [-0.25, -0.2) is 8.78 Å². The minimum Gasteiger partial charge on any atom is -0.310 e. The van der Waals surface area contributed by atoms with E-state index in [1.807, 2.05) is 0 Å². The van der Waals surface area contributed by atoms with Crippen molar-refractivity contribution >= 4 is 0 Å². The van der Waals surface area contributed by atoms with E-state index in [9.17, 15) is 8.78 Å². The maximum Gasteiger partial charge on any atom is 0.131 e. The molecule has 2 rings (SSSR count). The quantitative estimate of drug-likeness (QED) is 0.753. The highest BCUT2D eigenvalue weighted by molar-refractivity contribution is 5.36. The van der Waals surface area contributed by atoms with E-state index in [2.05, 4.69) is 5.32 Å². The van der Waals surface area contributed by atoms with E-state index in [0.29, 0.717) is 16.7 Å². The first kappa shape index (κ1) is 10.6. The third-order valence-electron chi connectivity index (χ3n) is 3.10. The number of rotatable bonds is 1. The lowest BCUT2D eigenvalue weighted by Crippen LogP contribution is -2.17. The predicted octanol–water partition coefficient (Wildman–Crippen LogP) is 3.01. The summed E-state index contributed by atoms with van der Waals surface area (Å²) in [7, 11) is 0. The van der Waals surface area contributed by atoms with Gasteiger partial charge in [-0.05, 0) is 50.4 Å². The zero-order chi connectivity index (χ0) is 11.0. The smallest absolute Gasteiger partial charge is 0.131 e. The molecule has 0 aliphatic carbocycles. The maximum atomic E-state index is 13.9. The summed E-state index contributed by atoms with van der Waals surface area (Å²) >= 11 is 0. The highest BCUT2D eigenvalue weighted by atomic mass is 19.1. The molecule has 1 heterocycles. The molecule has 82 valence electrons. The second-order valence-electron chi connectivity index (χ2n) is 4.18. The van der Waals surface area contributed by atoms with Crippen molar-refractivity contribution in [2.24, 2.45) is 0 Å². The van der Waals surface area contributed by atoms with Crippen molar-refractivity contribution < 1.29 is 8.78 Å². The molecular formula is C12H15F2N. The van der Waals surface area contributed by atoms with E-state index in [4.69, 9.17) is 0 Å². The fraction of sp³-hybridized carbons (Fsp3) is 0.500. The van der Waals surface area contributed by atoms with Gasteiger partial charge in [0.05, 0.1) is 0 Å². The molecule has 0 spiro atoms. The Morgan fingerprint density at radius 1 is 1.33 bits per heavy atom. The molecule has 1 nitrogen and oxygen atoms in total. The zero-order valence-electron chi connectivity index (χ0n) is 9.03. The normalized spacial score (nSPS) is 20.9. The monoisotopic (exact) mass is 211 g/mol. The standard InChI is InChI=1S/C12H15F2N/c1-7-6-9(13)8(2)11(12(7)14)10-4-3-5-15-10/h6,10,15H,3-5H2,1-2H3. The summed E-state index contributed by atoms with van der Waals surface area (Å²) in [5.41, 5.74) is 1.35. The summed E-state index contributed by atoms with van der Waals surface area (Å²) in [5, 5.41) is 3.20. The summed E-state index contributed by atoms with van der Waals surface area (Å²) in [6.07, 6.45) is 1.92. The van der Waals surface area contributed by atoms with E-state index in [0.717, 1.165) is 19.4 Å². The molecule has 0 radical (unpaired) electrons. The van der Waals surface area contributed by atoms with Gasteiger partial charge in [0.15, 0.2) is 0 Å². The molecule has 1 aromatic rings. The molecule has 1 aliphatic heterocycles. The lowest BCUT2D eigenvalue weighted by molar-refractivity contribution is 0.530. The molecule has 1 saturated heterocycles. The van der Waals surface area contributed by atoms with Gasteiger partial charge in [-0.15, -0.1) is 0 Å². The largest absolute Gasteiger partial charge is 0.310 e. The third-order valence-corrected chi connectivity index (χ3v) is 3.10. The lowest BCUT2D eigenvalue weighted by atomic mass is 9.96. The number of halogens is 2. The minimum atomic E-state index is -0.308. The summed E-state index contributed by atoms with van der Waals surface area (Å²) < 4.78 is 27.4. The Hall–Kier alpha value is -0.960. The van der Waals surface area contributed by atoms with Gasteiger partial charge < -0.3 is 5.32 Å². The number of hydrogen-bond donors (Lipinski definition) is 1. The molecule has 0 saturated carbocycles. The summed E-state index contributed by atoms with van der Waals surface area (Å²) in [6, 6.07) is 1.25. The number of aryl methyl sites for hydroxylation is 1. The summed E-state index contributed by atoms with van der Waals surface area (Å²) in [4.78, 5) is 0. The zero-order valence-corrected chi connectivity index (χ0v) is 9.03. The van der Waals surface area contributed by atoms with Crippen LogP contribution in [-0.4, -0.2) is 6.54 Å². The predicted molar refractivity (Wildman–Crippen MR) is 55.8 cm³/mol. The van der Waals surface area contributed by atoms with Crippen LogP contribution in [0.25, 0.3) is 0 Å². The molecule has 0 bridgehead atoms. The SMILES string of the molecule is Cc1cc(F)c(C)c(C2CCCN2)c1F. The van der Waals surface area contributed by atoms with Crippen LogP contribution in [0.1, 0.15) is 35.6 Å². The Balaban J connectivity index is 2.52. The molecule has 3 heteroatoms. The van der Waals surface area contributed by atoms with Gasteiger partial charge in [-0.3, -0.25) is 0 Å². The van der Waals surface area contributed by atoms with Crippen molar-refractivity contribution in [1.82, 2.24) is 5.32 Å². The van der Waals surface area contributed by atoms with Crippen molar-refractivity contribution in [2.45, 2.75) is 32.7 Å². The maximum absolute atomic E-state index is 13.9. The van der Waals surface area contributed by atoms with Crippen molar-refractivity contribution in [2.75, 3.05) is 6.54 Å². The molecule has 1 fully saturated rings. The Kier molecular flexibility index (Phi) is 2.74. The topological polar surface area (TPSA) is 12.0 Å². The van der Waals surface area contributed by atoms with E-state index < -0.39 is 0 Å². The Morgan fingerprint density at radius 2 is 2.07 bits per heavy atom. The van der Waals surface area contributed by atoms with E-state index in [1.54, 1.807) is 13.8 Å². The molecular weight excluding hydrogens is 196 g/mol. The van der Waals surface area contributed by atoms with Gasteiger partial charge in [0, 0.05) is 11.6 Å². The highest BCUT2D eigenvalue weighted by Crippen LogP contribution is 2.31. The summed E-state index contributed by atoms with van der Waals surface area (Å²) in [5.74, 6) is -0.564. The molecule has 1 atom stereocenters. The van der Waals surface area contributed by atoms with Gasteiger partial charge in [-0.1, -0.05) is 0 Å². The molecule has 1 aliphatic rings. The minimum absolute atomic E-state index is 0.0144. The van der Waals surface area contributed by atoms with Crippen LogP contribution in [0.3, 0.4) is 0 Å². The van der Waals surface area contributed by atoms with Crippen molar-refractivity contribution in [3.63, 3.8) is 0 Å². The molecule has 0 aromatic heterocycles. The van der Waals surface area contributed by atoms with E-state index >= 15 is 0 Å². The van der Waals surface area contributed by atoms with Crippen LogP contribution in [0.2, 0.25) is 0 Å². The lowest BCUT2D eigenvalue weighted by Gasteiger charge is -2.16. The number of nitrogens with one attached hydrogen (secondary N) is 1. The van der Waals surface area contributed by atoms with Crippen molar-refractivity contribution in [3.8, 4) is 0 Å². The molecule has 1 unspecified atom stereocenters. The Labute approximate surface area is 88.5 Å². The average Bonchev–Trinajstić information content (AvgIpc) is 2.69. The number of hydrogen-bond acceptors (Lipinski definition) is 1. The second-order valence-corrected chi connectivity index (χ2v) is 4.18. The van der Waals surface area contributed by atoms with E-state index in [1.165, 1.54) is 6.07 Å². The van der Waals surface area contributed by atoms with Gasteiger partial charge in [0.25, 0.3) is 0 Å². The first-order valence-electron chi connectivity index (χ1n) is 5.29. The van der Waals surface area contributed by atoms with Gasteiger partial charge in [0.1, 0.15) is 11.6 Å². The molecule has 1 aromatic carbocycles. The first-order chi connectivity index (χ1) is 7.11. The van der Waals surface area contributed by atoms with Crippen LogP contribution in [0, 0.1) is 25.5 Å². The third kappa shape index (κ3) is 1.76. The van der Waals surface area contributed by atoms with Crippen molar-refractivity contribution in [1.29, 1.82) is 0 Å². The highest BCUT2D eigenvalue weighted by Gasteiger charge is 2.24. The van der Waals surface area contributed by atoms with Gasteiger partial charge in [-0.2, -0.15) is 0 Å². The number of benzene rings is 1. The Bertz CT molecular complexity index is 355. The molecule has 15 heavy (non-hydrogen) atoms. The van der Waals surface area contributed by atoms with Gasteiger partial charge >= 0.3 is 0 Å². The summed E-state index contributed by atoms with van der Waals surface area (Å²) in [6.45, 7) is 4.14. The Morgan fingerprint density at radius 3 is 2.67 bits per heavy atom. The molecule has 0 amide bonds. The average molecular weight is 211 g/mol. The second kappa shape index (κ2) is 3.89. The first-order valence-corrected chi connectivity index (χ1v) is 5.29. The van der Waals surface area contributed by atoms with Crippen LogP contribution in [0.15, 0.2) is 6.07 Å². The van der Waals surface area contributed by atoms with Gasteiger partial charge in [0.2, 0.25) is 0 Å². The van der Waals surface area contributed by atoms with E-state index in [-0.39, 0.29) is 17.7 Å². The fourth-order valence-electron chi connectivity index (χ4n) is 2.21. The van der Waals surface area contributed by atoms with Crippen LogP contribution in [0.5, 0.6) is 0 Å². The van der Waals surface area contributed by atoms with Crippen LogP contribution in [0.4, 0.5) is 8.78 Å². The fourth-order valence-corrected chi connectivity index (χ4v) is 2.21.